The Morgan fingerprint density at radius 2 is 2.06 bits per heavy atom. The van der Waals surface area contributed by atoms with Gasteiger partial charge in [-0.05, 0) is 25.2 Å². The molecule has 0 saturated carbocycles. The molecular weight excluding hydrogens is 206 g/mol. The van der Waals surface area contributed by atoms with Crippen molar-refractivity contribution in [1.29, 1.82) is 0 Å². The van der Waals surface area contributed by atoms with Crippen LogP contribution in [0.2, 0.25) is 0 Å². The van der Waals surface area contributed by atoms with E-state index in [1.165, 1.54) is 7.11 Å². The molecule has 0 radical (unpaired) electrons. The average Bonchev–Trinajstić information content (AvgIpc) is 2.27. The van der Waals surface area contributed by atoms with Gasteiger partial charge in [0.2, 0.25) is 5.91 Å². The molecule has 1 atom stereocenters. The topological polar surface area (TPSA) is 46.6 Å². The molecule has 1 amide bonds. The van der Waals surface area contributed by atoms with E-state index in [1.807, 2.05) is 13.8 Å². The zero-order valence-corrected chi connectivity index (χ0v) is 10.4. The van der Waals surface area contributed by atoms with Crippen LogP contribution < -0.4 is 0 Å². The quantitative estimate of drug-likeness (QED) is 0.688. The van der Waals surface area contributed by atoms with Crippen LogP contribution in [0.5, 0.6) is 0 Å². The lowest BCUT2D eigenvalue weighted by Gasteiger charge is -2.34. The van der Waals surface area contributed by atoms with E-state index in [2.05, 4.69) is 0 Å². The molecule has 0 aliphatic carbocycles. The average molecular weight is 227 g/mol. The van der Waals surface area contributed by atoms with Crippen molar-refractivity contribution in [2.75, 3.05) is 13.7 Å². The molecule has 1 heterocycles. The first kappa shape index (κ1) is 13.0. The third kappa shape index (κ3) is 3.22. The van der Waals surface area contributed by atoms with E-state index in [1.54, 1.807) is 4.90 Å². The molecule has 0 spiro atoms. The summed E-state index contributed by atoms with van der Waals surface area (Å²) in [6, 6.07) is -0.356. The predicted molar refractivity (Wildman–Crippen MR) is 60.8 cm³/mol. The third-order valence-electron chi connectivity index (χ3n) is 2.88. The fourth-order valence-electron chi connectivity index (χ4n) is 2.08. The van der Waals surface area contributed by atoms with Crippen molar-refractivity contribution >= 4 is 11.9 Å². The number of likely N-dealkylation sites (tertiary alicyclic amines) is 1. The maximum absolute atomic E-state index is 12.0. The Morgan fingerprint density at radius 3 is 2.62 bits per heavy atom. The standard InChI is InChI=1S/C12H21NO3/c1-9(2)8-11(14)13-7-5-4-6-10(13)12(15)16-3/h9-10H,4-8H2,1-3H3. The smallest absolute Gasteiger partial charge is 0.328 e. The Morgan fingerprint density at radius 1 is 1.38 bits per heavy atom. The highest BCUT2D eigenvalue weighted by molar-refractivity contribution is 5.84. The molecule has 0 aromatic heterocycles. The van der Waals surface area contributed by atoms with Gasteiger partial charge in [-0.1, -0.05) is 13.8 Å². The third-order valence-corrected chi connectivity index (χ3v) is 2.88. The van der Waals surface area contributed by atoms with E-state index in [9.17, 15) is 9.59 Å². The van der Waals surface area contributed by atoms with Crippen LogP contribution in [0.3, 0.4) is 0 Å². The molecule has 92 valence electrons. The first-order valence-electron chi connectivity index (χ1n) is 5.93. The van der Waals surface area contributed by atoms with Crippen LogP contribution in [0.15, 0.2) is 0 Å². The van der Waals surface area contributed by atoms with Gasteiger partial charge < -0.3 is 9.64 Å². The number of hydrogen-bond donors (Lipinski definition) is 0. The SMILES string of the molecule is COC(=O)C1CCCCN1C(=O)CC(C)C. The second-order valence-electron chi connectivity index (χ2n) is 4.72. The van der Waals surface area contributed by atoms with Gasteiger partial charge >= 0.3 is 5.97 Å². The summed E-state index contributed by atoms with van der Waals surface area (Å²) in [4.78, 5) is 25.2. The first-order valence-corrected chi connectivity index (χ1v) is 5.93. The molecule has 0 bridgehead atoms. The molecule has 0 aromatic carbocycles. The van der Waals surface area contributed by atoms with Crippen LogP contribution in [0, 0.1) is 5.92 Å². The van der Waals surface area contributed by atoms with Crippen LogP contribution >= 0.6 is 0 Å². The summed E-state index contributed by atoms with van der Waals surface area (Å²) in [6.07, 6.45) is 3.21. The summed E-state index contributed by atoms with van der Waals surface area (Å²) in [5, 5.41) is 0. The lowest BCUT2D eigenvalue weighted by molar-refractivity contribution is -0.155. The van der Waals surface area contributed by atoms with Gasteiger partial charge in [-0.25, -0.2) is 4.79 Å². The molecule has 4 heteroatoms. The van der Waals surface area contributed by atoms with E-state index in [4.69, 9.17) is 4.74 Å². The first-order chi connectivity index (χ1) is 7.56. The van der Waals surface area contributed by atoms with Crippen molar-refractivity contribution in [3.8, 4) is 0 Å². The summed E-state index contributed by atoms with van der Waals surface area (Å²) >= 11 is 0. The molecule has 1 aliphatic rings. The largest absolute Gasteiger partial charge is 0.467 e. The summed E-state index contributed by atoms with van der Waals surface area (Å²) < 4.78 is 4.74. The van der Waals surface area contributed by atoms with Gasteiger partial charge in [-0.15, -0.1) is 0 Å². The number of esters is 1. The highest BCUT2D eigenvalue weighted by atomic mass is 16.5. The second kappa shape index (κ2) is 5.87. The van der Waals surface area contributed by atoms with E-state index >= 15 is 0 Å². The van der Waals surface area contributed by atoms with Gasteiger partial charge in [0.15, 0.2) is 0 Å². The lowest BCUT2D eigenvalue weighted by Crippen LogP contribution is -2.48. The zero-order chi connectivity index (χ0) is 12.1. The van der Waals surface area contributed by atoms with Crippen molar-refractivity contribution in [3.05, 3.63) is 0 Å². The Hall–Kier alpha value is -1.06. The fraction of sp³-hybridized carbons (Fsp3) is 0.833. The van der Waals surface area contributed by atoms with Crippen molar-refractivity contribution in [2.45, 2.75) is 45.6 Å². The van der Waals surface area contributed by atoms with Gasteiger partial charge in [0.1, 0.15) is 6.04 Å². The molecule has 1 unspecified atom stereocenters. The van der Waals surface area contributed by atoms with Crippen LogP contribution in [0.4, 0.5) is 0 Å². The predicted octanol–water partition coefficient (Wildman–Crippen LogP) is 1.59. The molecule has 1 aliphatic heterocycles. The van der Waals surface area contributed by atoms with Gasteiger partial charge in [0.05, 0.1) is 7.11 Å². The maximum atomic E-state index is 12.0. The van der Waals surface area contributed by atoms with E-state index in [0.29, 0.717) is 18.9 Å². The van der Waals surface area contributed by atoms with Crippen LogP contribution in [-0.4, -0.2) is 36.5 Å². The fourth-order valence-corrected chi connectivity index (χ4v) is 2.08. The van der Waals surface area contributed by atoms with Crippen LogP contribution in [0.25, 0.3) is 0 Å². The highest BCUT2D eigenvalue weighted by Crippen LogP contribution is 2.20. The molecule has 0 aromatic rings. The minimum absolute atomic E-state index is 0.0742. The Bertz CT molecular complexity index is 263. The molecular formula is C12H21NO3. The molecule has 1 rings (SSSR count). The molecule has 1 saturated heterocycles. The minimum atomic E-state index is -0.356. The van der Waals surface area contributed by atoms with Crippen LogP contribution in [0.1, 0.15) is 39.5 Å². The number of ether oxygens (including phenoxy) is 1. The number of nitrogens with zero attached hydrogens (tertiary/aromatic N) is 1. The number of hydrogen-bond acceptors (Lipinski definition) is 3. The van der Waals surface area contributed by atoms with Crippen LogP contribution in [-0.2, 0) is 14.3 Å². The Balaban J connectivity index is 2.66. The van der Waals surface area contributed by atoms with E-state index < -0.39 is 0 Å². The monoisotopic (exact) mass is 227 g/mol. The molecule has 0 N–H and O–H groups in total. The summed E-state index contributed by atoms with van der Waals surface area (Å²) in [5.41, 5.74) is 0. The number of amides is 1. The molecule has 4 nitrogen and oxygen atoms in total. The normalized spacial score (nSPS) is 21.0. The number of methoxy groups -OCH3 is 1. The molecule has 16 heavy (non-hydrogen) atoms. The summed E-state index contributed by atoms with van der Waals surface area (Å²) in [6.45, 7) is 4.70. The van der Waals surface area contributed by atoms with Crippen molar-refractivity contribution in [2.24, 2.45) is 5.92 Å². The number of carbonyl (C=O) groups excluding carboxylic acids is 2. The number of piperidine rings is 1. The van der Waals surface area contributed by atoms with Crippen molar-refractivity contribution in [1.82, 2.24) is 4.90 Å². The lowest BCUT2D eigenvalue weighted by atomic mass is 10.0. The number of rotatable bonds is 3. The number of carbonyl (C=O) groups is 2. The molecule has 1 fully saturated rings. The van der Waals surface area contributed by atoms with Gasteiger partial charge in [0, 0.05) is 13.0 Å². The minimum Gasteiger partial charge on any atom is -0.467 e. The summed E-state index contributed by atoms with van der Waals surface area (Å²) in [7, 11) is 1.38. The van der Waals surface area contributed by atoms with E-state index in [0.717, 1.165) is 19.3 Å². The summed E-state index contributed by atoms with van der Waals surface area (Å²) in [5.74, 6) is 0.120. The van der Waals surface area contributed by atoms with E-state index in [-0.39, 0.29) is 17.9 Å². The maximum Gasteiger partial charge on any atom is 0.328 e. The van der Waals surface area contributed by atoms with Crippen molar-refractivity contribution < 1.29 is 14.3 Å². The Labute approximate surface area is 96.9 Å². The zero-order valence-electron chi connectivity index (χ0n) is 10.4. The van der Waals surface area contributed by atoms with Gasteiger partial charge in [0.25, 0.3) is 0 Å². The second-order valence-corrected chi connectivity index (χ2v) is 4.72. The highest BCUT2D eigenvalue weighted by Gasteiger charge is 2.32. The van der Waals surface area contributed by atoms with Gasteiger partial charge in [-0.2, -0.15) is 0 Å². The van der Waals surface area contributed by atoms with Gasteiger partial charge in [-0.3, -0.25) is 4.79 Å². The Kier molecular flexibility index (Phi) is 4.77. The van der Waals surface area contributed by atoms with Crippen molar-refractivity contribution in [3.63, 3.8) is 0 Å².